The van der Waals surface area contributed by atoms with Crippen molar-refractivity contribution >= 4 is 10.0 Å². The van der Waals surface area contributed by atoms with Crippen LogP contribution < -0.4 is 5.32 Å². The molecule has 1 aromatic rings. The van der Waals surface area contributed by atoms with E-state index in [0.717, 1.165) is 25.1 Å². The highest BCUT2D eigenvalue weighted by Gasteiger charge is 2.29. The highest BCUT2D eigenvalue weighted by molar-refractivity contribution is 7.89. The van der Waals surface area contributed by atoms with Crippen molar-refractivity contribution < 1.29 is 8.42 Å². The second-order valence-corrected chi connectivity index (χ2v) is 8.37. The van der Waals surface area contributed by atoms with Gasteiger partial charge in [0, 0.05) is 43.6 Å². The fraction of sp³-hybridized carbons (Fsp3) is 0.733. The van der Waals surface area contributed by atoms with Crippen LogP contribution in [-0.4, -0.2) is 36.4 Å². The van der Waals surface area contributed by atoms with Crippen LogP contribution in [0.2, 0.25) is 0 Å². The smallest absolute Gasteiger partial charge is 0.244 e. The topological polar surface area (TPSA) is 54.3 Å². The van der Waals surface area contributed by atoms with Gasteiger partial charge in [-0.05, 0) is 45.6 Å². The van der Waals surface area contributed by atoms with Gasteiger partial charge in [0.2, 0.25) is 10.0 Å². The molecule has 5 nitrogen and oxygen atoms in total. The zero-order valence-electron chi connectivity index (χ0n) is 12.9. The number of nitrogens with zero attached hydrogens (tertiary/aromatic N) is 2. The molecule has 1 N–H and O–H groups in total. The fourth-order valence-corrected chi connectivity index (χ4v) is 4.44. The highest BCUT2D eigenvalue weighted by atomic mass is 32.2. The molecule has 1 saturated heterocycles. The molecule has 0 aromatic carbocycles. The summed E-state index contributed by atoms with van der Waals surface area (Å²) in [6.07, 6.45) is 6.23. The van der Waals surface area contributed by atoms with Crippen LogP contribution in [0.25, 0.3) is 0 Å². The van der Waals surface area contributed by atoms with Gasteiger partial charge in [-0.3, -0.25) is 0 Å². The van der Waals surface area contributed by atoms with Crippen molar-refractivity contribution in [1.82, 2.24) is 14.2 Å². The van der Waals surface area contributed by atoms with E-state index < -0.39 is 10.0 Å². The first-order valence-electron chi connectivity index (χ1n) is 7.93. The third kappa shape index (κ3) is 3.17. The Bertz CT molecular complexity index is 596. The van der Waals surface area contributed by atoms with Crippen molar-refractivity contribution in [2.75, 3.05) is 13.1 Å². The lowest BCUT2D eigenvalue weighted by Crippen LogP contribution is -2.27. The lowest BCUT2D eigenvalue weighted by Gasteiger charge is -2.14. The van der Waals surface area contributed by atoms with Crippen molar-refractivity contribution in [3.05, 3.63) is 18.0 Å². The minimum atomic E-state index is -3.31. The minimum absolute atomic E-state index is 0.267. The molecule has 118 valence electrons. The number of aromatic nitrogens is 1. The molecule has 0 amide bonds. The molecule has 21 heavy (non-hydrogen) atoms. The first-order chi connectivity index (χ1) is 9.98. The van der Waals surface area contributed by atoms with Crippen LogP contribution in [0.4, 0.5) is 0 Å². The summed E-state index contributed by atoms with van der Waals surface area (Å²) in [7, 11) is -3.31. The summed E-state index contributed by atoms with van der Waals surface area (Å²) in [5.74, 6) is 0. The Kier molecular flexibility index (Phi) is 4.12. The summed E-state index contributed by atoms with van der Waals surface area (Å²) in [6.45, 7) is 6.24. The largest absolute Gasteiger partial charge is 0.346 e. The standard InChI is InChI=1S/C15H25N3O2S/c1-12(2)18-11-15(9-14(18)10-16-13-5-6-13)21(19,20)17-7-3-4-8-17/h9,11-13,16H,3-8,10H2,1-2H3. The Morgan fingerprint density at radius 3 is 2.52 bits per heavy atom. The van der Waals surface area contributed by atoms with E-state index in [9.17, 15) is 8.42 Å². The first kappa shape index (κ1) is 15.1. The lowest BCUT2D eigenvalue weighted by atomic mass is 10.3. The van der Waals surface area contributed by atoms with E-state index in [2.05, 4.69) is 23.7 Å². The summed E-state index contributed by atoms with van der Waals surface area (Å²) in [6, 6.07) is 2.74. The highest BCUT2D eigenvalue weighted by Crippen LogP contribution is 2.26. The van der Waals surface area contributed by atoms with Crippen LogP contribution in [0.1, 0.15) is 51.3 Å². The number of nitrogens with one attached hydrogen (secondary N) is 1. The zero-order chi connectivity index (χ0) is 15.0. The molecular formula is C15H25N3O2S. The second kappa shape index (κ2) is 5.74. The summed E-state index contributed by atoms with van der Waals surface area (Å²) < 4.78 is 29.0. The molecule has 0 radical (unpaired) electrons. The Hall–Kier alpha value is -0.850. The van der Waals surface area contributed by atoms with Crippen LogP contribution in [-0.2, 0) is 16.6 Å². The maximum atomic E-state index is 12.7. The molecule has 1 saturated carbocycles. The predicted molar refractivity (Wildman–Crippen MR) is 82.7 cm³/mol. The molecule has 2 heterocycles. The summed E-state index contributed by atoms with van der Waals surface area (Å²) in [5, 5.41) is 3.47. The third-order valence-corrected chi connectivity index (χ3v) is 6.18. The monoisotopic (exact) mass is 311 g/mol. The number of sulfonamides is 1. The van der Waals surface area contributed by atoms with Gasteiger partial charge >= 0.3 is 0 Å². The van der Waals surface area contributed by atoms with Crippen LogP contribution in [0.5, 0.6) is 0 Å². The maximum absolute atomic E-state index is 12.7. The van der Waals surface area contributed by atoms with E-state index in [1.54, 1.807) is 4.31 Å². The van der Waals surface area contributed by atoms with Crippen molar-refractivity contribution in [3.63, 3.8) is 0 Å². The van der Waals surface area contributed by atoms with Gasteiger partial charge in [-0.25, -0.2) is 8.42 Å². The molecule has 1 aliphatic heterocycles. The normalized spacial score (nSPS) is 20.5. The molecule has 0 atom stereocenters. The maximum Gasteiger partial charge on any atom is 0.244 e. The van der Waals surface area contributed by atoms with E-state index in [0.29, 0.717) is 24.0 Å². The van der Waals surface area contributed by atoms with Crippen molar-refractivity contribution in [2.45, 2.75) is 63.1 Å². The summed E-state index contributed by atoms with van der Waals surface area (Å²) >= 11 is 0. The van der Waals surface area contributed by atoms with Gasteiger partial charge < -0.3 is 9.88 Å². The molecule has 2 aliphatic rings. The van der Waals surface area contributed by atoms with Gasteiger partial charge in [-0.15, -0.1) is 0 Å². The van der Waals surface area contributed by atoms with Crippen molar-refractivity contribution in [1.29, 1.82) is 0 Å². The van der Waals surface area contributed by atoms with Gasteiger partial charge in [-0.2, -0.15) is 4.31 Å². The van der Waals surface area contributed by atoms with E-state index in [4.69, 9.17) is 0 Å². The van der Waals surface area contributed by atoms with E-state index >= 15 is 0 Å². The summed E-state index contributed by atoms with van der Waals surface area (Å²) in [4.78, 5) is 0.450. The molecule has 0 unspecified atom stereocenters. The van der Waals surface area contributed by atoms with Crippen molar-refractivity contribution in [2.24, 2.45) is 0 Å². The Morgan fingerprint density at radius 1 is 1.29 bits per heavy atom. The third-order valence-electron chi connectivity index (χ3n) is 4.32. The van der Waals surface area contributed by atoms with Crippen LogP contribution in [0.3, 0.4) is 0 Å². The fourth-order valence-electron chi connectivity index (χ4n) is 2.87. The number of hydrogen-bond donors (Lipinski definition) is 1. The van der Waals surface area contributed by atoms with Crippen LogP contribution in [0.15, 0.2) is 17.2 Å². The Labute approximate surface area is 127 Å². The summed E-state index contributed by atoms with van der Waals surface area (Å²) in [5.41, 5.74) is 1.06. The molecule has 3 rings (SSSR count). The lowest BCUT2D eigenvalue weighted by molar-refractivity contribution is 0.477. The van der Waals surface area contributed by atoms with Crippen LogP contribution in [0, 0.1) is 0 Å². The molecular weight excluding hydrogens is 286 g/mol. The minimum Gasteiger partial charge on any atom is -0.346 e. The van der Waals surface area contributed by atoms with Crippen LogP contribution >= 0.6 is 0 Å². The van der Waals surface area contributed by atoms with Crippen molar-refractivity contribution in [3.8, 4) is 0 Å². The SMILES string of the molecule is CC(C)n1cc(S(=O)(=O)N2CCCC2)cc1CNC1CC1. The van der Waals surface area contributed by atoms with Gasteiger partial charge in [0.05, 0.1) is 0 Å². The van der Waals surface area contributed by atoms with E-state index in [1.165, 1.54) is 12.8 Å². The quantitative estimate of drug-likeness (QED) is 0.875. The van der Waals surface area contributed by atoms with E-state index in [-0.39, 0.29) is 6.04 Å². The zero-order valence-corrected chi connectivity index (χ0v) is 13.7. The molecule has 0 spiro atoms. The Balaban J connectivity index is 1.85. The Morgan fingerprint density at radius 2 is 1.95 bits per heavy atom. The number of rotatable bonds is 6. The first-order valence-corrected chi connectivity index (χ1v) is 9.37. The van der Waals surface area contributed by atoms with Gasteiger partial charge in [0.1, 0.15) is 4.90 Å². The molecule has 1 aliphatic carbocycles. The molecule has 6 heteroatoms. The molecule has 1 aromatic heterocycles. The average Bonchev–Trinajstić information content (AvgIpc) is 2.96. The average molecular weight is 311 g/mol. The van der Waals surface area contributed by atoms with Gasteiger partial charge in [0.15, 0.2) is 0 Å². The molecule has 2 fully saturated rings. The van der Waals surface area contributed by atoms with Gasteiger partial charge in [-0.1, -0.05) is 0 Å². The predicted octanol–water partition coefficient (Wildman–Crippen LogP) is 2.11. The molecule has 0 bridgehead atoms. The number of hydrogen-bond acceptors (Lipinski definition) is 3. The second-order valence-electron chi connectivity index (χ2n) is 6.43. The van der Waals surface area contributed by atoms with Gasteiger partial charge in [0.25, 0.3) is 0 Å². The van der Waals surface area contributed by atoms with E-state index in [1.807, 2.05) is 12.3 Å².